The minimum absolute atomic E-state index is 0.0265. The Hall–Kier alpha value is -2.35. The highest BCUT2D eigenvalue weighted by atomic mass is 19.4. The number of aliphatic hydroxyl groups is 1. The number of aryl methyl sites for hydroxylation is 1. The van der Waals surface area contributed by atoms with Crippen LogP contribution in [0.3, 0.4) is 0 Å². The smallest absolute Gasteiger partial charge is 0.394 e. The lowest BCUT2D eigenvalue weighted by molar-refractivity contribution is -0.141. The third-order valence-corrected chi connectivity index (χ3v) is 3.53. The number of alkyl halides is 3. The fourth-order valence-electron chi connectivity index (χ4n) is 2.01. The second-order valence-electron chi connectivity index (χ2n) is 5.56. The van der Waals surface area contributed by atoms with Gasteiger partial charge in [-0.15, -0.1) is 0 Å². The van der Waals surface area contributed by atoms with Crippen molar-refractivity contribution in [3.05, 3.63) is 41.1 Å². The summed E-state index contributed by atoms with van der Waals surface area (Å²) in [4.78, 5) is 7.53. The predicted octanol–water partition coefficient (Wildman–Crippen LogP) is 3.65. The van der Waals surface area contributed by atoms with Gasteiger partial charge in [0.2, 0.25) is 5.95 Å². The monoisotopic (exact) mass is 340 g/mol. The Kier molecular flexibility index (Phi) is 5.28. The predicted molar refractivity (Wildman–Crippen MR) is 86.4 cm³/mol. The van der Waals surface area contributed by atoms with E-state index in [-0.39, 0.29) is 18.4 Å². The van der Waals surface area contributed by atoms with Crippen LogP contribution in [-0.4, -0.2) is 27.7 Å². The molecule has 0 radical (unpaired) electrons. The summed E-state index contributed by atoms with van der Waals surface area (Å²) in [7, 11) is 0. The van der Waals surface area contributed by atoms with Crippen molar-refractivity contribution >= 4 is 17.5 Å². The second-order valence-corrected chi connectivity index (χ2v) is 5.56. The number of hydrogen-bond donors (Lipinski definition) is 3. The molecule has 0 aliphatic rings. The molecular weight excluding hydrogens is 321 g/mol. The number of aromatic nitrogens is 2. The van der Waals surface area contributed by atoms with Gasteiger partial charge >= 0.3 is 6.18 Å². The average molecular weight is 340 g/mol. The maximum atomic E-state index is 13.1. The van der Waals surface area contributed by atoms with Crippen LogP contribution < -0.4 is 10.6 Å². The number of aliphatic hydroxyl groups excluding tert-OH is 1. The molecule has 0 saturated carbocycles. The van der Waals surface area contributed by atoms with E-state index in [1.54, 1.807) is 13.0 Å². The lowest BCUT2D eigenvalue weighted by Crippen LogP contribution is -2.22. The van der Waals surface area contributed by atoms with Gasteiger partial charge in [0.1, 0.15) is 5.82 Å². The Bertz CT molecular complexity index is 719. The Morgan fingerprint density at radius 3 is 2.54 bits per heavy atom. The fourth-order valence-corrected chi connectivity index (χ4v) is 2.01. The molecule has 0 fully saturated rings. The Labute approximate surface area is 138 Å². The van der Waals surface area contributed by atoms with Gasteiger partial charge < -0.3 is 15.7 Å². The maximum Gasteiger partial charge on any atom is 0.433 e. The summed E-state index contributed by atoms with van der Waals surface area (Å²) in [5.74, 6) is -0.169. The van der Waals surface area contributed by atoms with E-state index in [0.717, 1.165) is 17.2 Å². The molecule has 0 unspecified atom stereocenters. The van der Waals surface area contributed by atoms with Crippen LogP contribution in [0.2, 0.25) is 0 Å². The molecular formula is C16H19F3N4O. The number of benzene rings is 1. The number of anilines is 3. The zero-order chi connectivity index (χ0) is 17.9. The number of halogens is 3. The van der Waals surface area contributed by atoms with Gasteiger partial charge in [0.15, 0.2) is 5.69 Å². The zero-order valence-corrected chi connectivity index (χ0v) is 13.6. The summed E-state index contributed by atoms with van der Waals surface area (Å²) in [6.45, 7) is 5.15. The number of nitrogens with zero attached hydrogens (tertiary/aromatic N) is 2. The molecule has 1 aromatic carbocycles. The van der Waals surface area contributed by atoms with Crippen molar-refractivity contribution in [1.29, 1.82) is 0 Å². The molecule has 0 spiro atoms. The molecule has 0 aliphatic heterocycles. The molecule has 3 N–H and O–H groups in total. The van der Waals surface area contributed by atoms with E-state index in [4.69, 9.17) is 5.11 Å². The standard InChI is InChI=1S/C16H19F3N4O/c1-9-5-4-6-12(11(9)3)21-14-7-13(16(17,18)19)22-15(23-14)20-10(2)8-24/h4-7,10,24H,8H2,1-3H3,(H2,20,21,22,23)/t10-/m1/s1. The van der Waals surface area contributed by atoms with Crippen LogP contribution in [0.25, 0.3) is 0 Å². The van der Waals surface area contributed by atoms with Gasteiger partial charge in [-0.1, -0.05) is 12.1 Å². The van der Waals surface area contributed by atoms with E-state index >= 15 is 0 Å². The van der Waals surface area contributed by atoms with Crippen molar-refractivity contribution in [3.63, 3.8) is 0 Å². The Morgan fingerprint density at radius 2 is 1.92 bits per heavy atom. The third kappa shape index (κ3) is 4.35. The van der Waals surface area contributed by atoms with Crippen LogP contribution in [0, 0.1) is 13.8 Å². The molecule has 0 bridgehead atoms. The van der Waals surface area contributed by atoms with E-state index in [2.05, 4.69) is 20.6 Å². The van der Waals surface area contributed by atoms with Gasteiger partial charge in [0, 0.05) is 17.8 Å². The summed E-state index contributed by atoms with van der Waals surface area (Å²) in [5, 5.41) is 14.6. The SMILES string of the molecule is Cc1cccc(Nc2cc(C(F)(F)F)nc(N[C@H](C)CO)n2)c1C. The van der Waals surface area contributed by atoms with E-state index in [0.29, 0.717) is 5.69 Å². The number of hydrogen-bond acceptors (Lipinski definition) is 5. The first kappa shape index (κ1) is 18.0. The van der Waals surface area contributed by atoms with Gasteiger partial charge in [0.25, 0.3) is 0 Å². The molecule has 1 aromatic heterocycles. The largest absolute Gasteiger partial charge is 0.433 e. The van der Waals surface area contributed by atoms with Crippen molar-refractivity contribution in [2.45, 2.75) is 33.0 Å². The minimum Gasteiger partial charge on any atom is -0.394 e. The van der Waals surface area contributed by atoms with Crippen molar-refractivity contribution < 1.29 is 18.3 Å². The van der Waals surface area contributed by atoms with Crippen LogP contribution in [0.1, 0.15) is 23.7 Å². The minimum atomic E-state index is -4.60. The van der Waals surface area contributed by atoms with Crippen molar-refractivity contribution in [1.82, 2.24) is 9.97 Å². The summed E-state index contributed by atoms with van der Waals surface area (Å²) in [5.41, 5.74) is 1.54. The van der Waals surface area contributed by atoms with Crippen LogP contribution in [-0.2, 0) is 6.18 Å². The molecule has 24 heavy (non-hydrogen) atoms. The molecule has 130 valence electrons. The highest BCUT2D eigenvalue weighted by Gasteiger charge is 2.34. The first-order chi connectivity index (χ1) is 11.2. The van der Waals surface area contributed by atoms with Gasteiger partial charge in [-0.25, -0.2) is 4.98 Å². The van der Waals surface area contributed by atoms with E-state index in [1.165, 1.54) is 0 Å². The second kappa shape index (κ2) is 7.04. The van der Waals surface area contributed by atoms with Crippen molar-refractivity contribution in [3.8, 4) is 0 Å². The first-order valence-electron chi connectivity index (χ1n) is 7.37. The quantitative estimate of drug-likeness (QED) is 0.775. The van der Waals surface area contributed by atoms with Crippen LogP contribution in [0.15, 0.2) is 24.3 Å². The van der Waals surface area contributed by atoms with E-state index in [1.807, 2.05) is 26.0 Å². The molecule has 2 rings (SSSR count). The molecule has 8 heteroatoms. The highest BCUT2D eigenvalue weighted by molar-refractivity contribution is 5.63. The molecule has 0 aliphatic carbocycles. The third-order valence-electron chi connectivity index (χ3n) is 3.53. The first-order valence-corrected chi connectivity index (χ1v) is 7.37. The van der Waals surface area contributed by atoms with Gasteiger partial charge in [-0.2, -0.15) is 18.2 Å². The fraction of sp³-hybridized carbons (Fsp3) is 0.375. The molecule has 2 aromatic rings. The summed E-state index contributed by atoms with van der Waals surface area (Å²) in [6, 6.07) is 5.88. The molecule has 5 nitrogen and oxygen atoms in total. The van der Waals surface area contributed by atoms with Crippen LogP contribution >= 0.6 is 0 Å². The molecule has 1 atom stereocenters. The van der Waals surface area contributed by atoms with Crippen molar-refractivity contribution in [2.75, 3.05) is 17.2 Å². The zero-order valence-electron chi connectivity index (χ0n) is 13.6. The van der Waals surface area contributed by atoms with Crippen molar-refractivity contribution in [2.24, 2.45) is 0 Å². The molecule has 0 saturated heterocycles. The van der Waals surface area contributed by atoms with Gasteiger partial charge in [0.05, 0.1) is 6.61 Å². The summed E-state index contributed by atoms with van der Waals surface area (Å²) >= 11 is 0. The van der Waals surface area contributed by atoms with Gasteiger partial charge in [-0.05, 0) is 38.0 Å². The number of nitrogens with one attached hydrogen (secondary N) is 2. The molecule has 0 amide bonds. The lowest BCUT2D eigenvalue weighted by atomic mass is 10.1. The summed E-state index contributed by atoms with van der Waals surface area (Å²) in [6.07, 6.45) is -4.60. The summed E-state index contributed by atoms with van der Waals surface area (Å²) < 4.78 is 39.2. The average Bonchev–Trinajstić information content (AvgIpc) is 2.50. The van der Waals surface area contributed by atoms with E-state index in [9.17, 15) is 13.2 Å². The normalized spacial score (nSPS) is 12.8. The topological polar surface area (TPSA) is 70.1 Å². The number of rotatable bonds is 5. The Balaban J connectivity index is 2.41. The maximum absolute atomic E-state index is 13.1. The van der Waals surface area contributed by atoms with Crippen LogP contribution in [0.4, 0.5) is 30.6 Å². The lowest BCUT2D eigenvalue weighted by Gasteiger charge is -2.16. The van der Waals surface area contributed by atoms with Crippen LogP contribution in [0.5, 0.6) is 0 Å². The molecule has 1 heterocycles. The Morgan fingerprint density at radius 1 is 1.21 bits per heavy atom. The highest BCUT2D eigenvalue weighted by Crippen LogP contribution is 2.31. The van der Waals surface area contributed by atoms with Gasteiger partial charge in [-0.3, -0.25) is 0 Å². The van der Waals surface area contributed by atoms with E-state index < -0.39 is 17.9 Å².